The number of hydrogen-bond donors (Lipinski definition) is 1. The topological polar surface area (TPSA) is 47.6 Å². The zero-order valence-electron chi connectivity index (χ0n) is 11.8. The van der Waals surface area contributed by atoms with Crippen LogP contribution in [-0.4, -0.2) is 26.7 Å². The molecule has 104 valence electrons. The van der Waals surface area contributed by atoms with Crippen LogP contribution in [0.5, 0.6) is 5.75 Å². The van der Waals surface area contributed by atoms with Gasteiger partial charge in [-0.2, -0.15) is 0 Å². The van der Waals surface area contributed by atoms with Gasteiger partial charge in [0.1, 0.15) is 11.3 Å². The Bertz CT molecular complexity index is 472. The molecule has 0 saturated carbocycles. The lowest BCUT2D eigenvalue weighted by molar-refractivity contribution is -0.152. The molecule has 4 nitrogen and oxygen atoms in total. The molecule has 1 unspecified atom stereocenters. The van der Waals surface area contributed by atoms with E-state index in [1.807, 2.05) is 32.2 Å². The van der Waals surface area contributed by atoms with Gasteiger partial charge >= 0.3 is 5.97 Å². The smallest absolute Gasteiger partial charge is 0.330 e. The maximum absolute atomic E-state index is 12.4. The number of nitrogens with one attached hydrogen (secondary N) is 1. The molecular weight excluding hydrogens is 242 g/mol. The van der Waals surface area contributed by atoms with Gasteiger partial charge in [-0.3, -0.25) is 0 Å². The molecule has 0 heterocycles. The first-order valence-electron chi connectivity index (χ1n) is 6.71. The van der Waals surface area contributed by atoms with Crippen LogP contribution in [0.15, 0.2) is 18.2 Å². The van der Waals surface area contributed by atoms with Gasteiger partial charge in [0, 0.05) is 0 Å². The van der Waals surface area contributed by atoms with Crippen LogP contribution < -0.4 is 10.1 Å². The van der Waals surface area contributed by atoms with Gasteiger partial charge in [0.15, 0.2) is 0 Å². The highest BCUT2D eigenvalue weighted by molar-refractivity contribution is 5.83. The number of likely N-dealkylation sites (N-methyl/N-ethyl adjacent to an activating group) is 1. The Morgan fingerprint density at radius 1 is 1.47 bits per heavy atom. The van der Waals surface area contributed by atoms with E-state index < -0.39 is 5.54 Å². The average Bonchev–Trinajstić information content (AvgIpc) is 2.46. The van der Waals surface area contributed by atoms with Crippen LogP contribution in [0.2, 0.25) is 0 Å². The van der Waals surface area contributed by atoms with Crippen LogP contribution in [0.3, 0.4) is 0 Å². The van der Waals surface area contributed by atoms with Crippen molar-refractivity contribution in [3.8, 4) is 5.75 Å². The third-order valence-corrected chi connectivity index (χ3v) is 3.82. The van der Waals surface area contributed by atoms with Crippen molar-refractivity contribution < 1.29 is 14.3 Å². The first kappa shape index (κ1) is 13.9. The van der Waals surface area contributed by atoms with Crippen molar-refractivity contribution in [2.45, 2.75) is 31.7 Å². The summed E-state index contributed by atoms with van der Waals surface area (Å²) < 4.78 is 10.5. The Balaban J connectivity index is 2.47. The summed E-state index contributed by atoms with van der Waals surface area (Å²) >= 11 is 0. The second-order valence-corrected chi connectivity index (χ2v) is 4.75. The maximum Gasteiger partial charge on any atom is 0.330 e. The molecule has 0 saturated heterocycles. The Labute approximate surface area is 114 Å². The number of benzene rings is 1. The van der Waals surface area contributed by atoms with E-state index in [1.54, 1.807) is 7.11 Å². The summed E-state index contributed by atoms with van der Waals surface area (Å²) in [4.78, 5) is 12.4. The normalized spacial score (nSPS) is 21.6. The highest BCUT2D eigenvalue weighted by Gasteiger charge is 2.43. The van der Waals surface area contributed by atoms with E-state index in [1.165, 1.54) is 0 Å². The summed E-state index contributed by atoms with van der Waals surface area (Å²) in [6, 6.07) is 5.88. The van der Waals surface area contributed by atoms with E-state index in [2.05, 4.69) is 5.32 Å². The molecule has 0 fully saturated rings. The average molecular weight is 263 g/mol. The zero-order valence-corrected chi connectivity index (χ0v) is 11.8. The van der Waals surface area contributed by atoms with Crippen molar-refractivity contribution in [3.05, 3.63) is 29.3 Å². The quantitative estimate of drug-likeness (QED) is 0.844. The number of carbonyl (C=O) groups excluding carboxylic acids is 1. The number of esters is 1. The van der Waals surface area contributed by atoms with E-state index in [0.29, 0.717) is 6.61 Å². The third kappa shape index (κ3) is 2.32. The minimum absolute atomic E-state index is 0.191. The van der Waals surface area contributed by atoms with E-state index in [9.17, 15) is 4.79 Å². The van der Waals surface area contributed by atoms with Gasteiger partial charge < -0.3 is 14.8 Å². The second kappa shape index (κ2) is 5.61. The standard InChI is InChI=1S/C15H21NO3/c1-4-19-14(17)15(16-2)9-5-6-11-10-12(18-3)7-8-13(11)15/h7-8,10,16H,4-6,9H2,1-3H3. The Hall–Kier alpha value is -1.55. The lowest BCUT2D eigenvalue weighted by Gasteiger charge is -2.36. The minimum atomic E-state index is -0.712. The molecule has 2 rings (SSSR count). The predicted octanol–water partition coefficient (Wildman–Crippen LogP) is 2.01. The Kier molecular flexibility index (Phi) is 4.10. The van der Waals surface area contributed by atoms with Gasteiger partial charge in [-0.1, -0.05) is 6.07 Å². The minimum Gasteiger partial charge on any atom is -0.497 e. The van der Waals surface area contributed by atoms with Crippen molar-refractivity contribution in [1.82, 2.24) is 5.32 Å². The van der Waals surface area contributed by atoms with Crippen LogP contribution in [0.4, 0.5) is 0 Å². The van der Waals surface area contributed by atoms with Crippen molar-refractivity contribution in [3.63, 3.8) is 0 Å². The molecule has 0 amide bonds. The van der Waals surface area contributed by atoms with E-state index in [-0.39, 0.29) is 5.97 Å². The van der Waals surface area contributed by atoms with E-state index in [4.69, 9.17) is 9.47 Å². The fraction of sp³-hybridized carbons (Fsp3) is 0.533. The first-order chi connectivity index (χ1) is 9.17. The molecule has 0 aliphatic heterocycles. The fourth-order valence-electron chi connectivity index (χ4n) is 2.83. The molecule has 0 spiro atoms. The van der Waals surface area contributed by atoms with Crippen LogP contribution in [-0.2, 0) is 21.5 Å². The Morgan fingerprint density at radius 2 is 2.26 bits per heavy atom. The zero-order chi connectivity index (χ0) is 13.9. The number of fused-ring (bicyclic) bond motifs is 1. The van der Waals surface area contributed by atoms with Gasteiger partial charge in [0.25, 0.3) is 0 Å². The highest BCUT2D eigenvalue weighted by Crippen LogP contribution is 2.37. The summed E-state index contributed by atoms with van der Waals surface area (Å²) in [7, 11) is 3.47. The van der Waals surface area contributed by atoms with Crippen molar-refractivity contribution in [2.75, 3.05) is 20.8 Å². The monoisotopic (exact) mass is 263 g/mol. The summed E-state index contributed by atoms with van der Waals surface area (Å²) in [5.74, 6) is 0.637. The molecule has 19 heavy (non-hydrogen) atoms. The van der Waals surface area contributed by atoms with E-state index in [0.717, 1.165) is 36.1 Å². The molecule has 0 bridgehead atoms. The number of hydrogen-bond acceptors (Lipinski definition) is 4. The van der Waals surface area contributed by atoms with Crippen LogP contribution in [0.25, 0.3) is 0 Å². The molecule has 0 aromatic heterocycles. The van der Waals surface area contributed by atoms with Crippen LogP contribution in [0.1, 0.15) is 30.9 Å². The predicted molar refractivity (Wildman–Crippen MR) is 73.3 cm³/mol. The van der Waals surface area contributed by atoms with Gasteiger partial charge in [0.2, 0.25) is 0 Å². The summed E-state index contributed by atoms with van der Waals surface area (Å²) in [5.41, 5.74) is 1.46. The van der Waals surface area contributed by atoms with Crippen molar-refractivity contribution in [1.29, 1.82) is 0 Å². The van der Waals surface area contributed by atoms with Crippen LogP contribution in [0, 0.1) is 0 Å². The number of carbonyl (C=O) groups is 1. The third-order valence-electron chi connectivity index (χ3n) is 3.82. The van der Waals surface area contributed by atoms with Gasteiger partial charge in [0.05, 0.1) is 13.7 Å². The molecule has 1 aromatic rings. The maximum atomic E-state index is 12.4. The first-order valence-corrected chi connectivity index (χ1v) is 6.71. The van der Waals surface area contributed by atoms with Gasteiger partial charge in [-0.25, -0.2) is 4.79 Å². The number of rotatable bonds is 4. The van der Waals surface area contributed by atoms with Gasteiger partial charge in [-0.05, 0) is 56.5 Å². The second-order valence-electron chi connectivity index (χ2n) is 4.75. The lowest BCUT2D eigenvalue weighted by Crippen LogP contribution is -2.50. The summed E-state index contributed by atoms with van der Waals surface area (Å²) in [6.45, 7) is 2.23. The SMILES string of the molecule is CCOC(=O)C1(NC)CCCc2cc(OC)ccc21. The molecule has 4 heteroatoms. The number of ether oxygens (including phenoxy) is 2. The van der Waals surface area contributed by atoms with Crippen LogP contribution >= 0.6 is 0 Å². The van der Waals surface area contributed by atoms with Crippen molar-refractivity contribution >= 4 is 5.97 Å². The van der Waals surface area contributed by atoms with Gasteiger partial charge in [-0.15, -0.1) is 0 Å². The molecule has 1 atom stereocenters. The number of aryl methyl sites for hydroxylation is 1. The lowest BCUT2D eigenvalue weighted by atomic mass is 9.76. The van der Waals surface area contributed by atoms with Crippen molar-refractivity contribution in [2.24, 2.45) is 0 Å². The molecule has 0 radical (unpaired) electrons. The molecule has 1 aromatic carbocycles. The molecule has 1 aliphatic carbocycles. The summed E-state index contributed by atoms with van der Waals surface area (Å²) in [6.07, 6.45) is 2.69. The fourth-order valence-corrected chi connectivity index (χ4v) is 2.83. The molecule has 1 N–H and O–H groups in total. The summed E-state index contributed by atoms with van der Waals surface area (Å²) in [5, 5.41) is 3.18. The molecule has 1 aliphatic rings. The number of methoxy groups -OCH3 is 1. The highest BCUT2D eigenvalue weighted by atomic mass is 16.5. The molecular formula is C15H21NO3. The Morgan fingerprint density at radius 3 is 2.89 bits per heavy atom. The van der Waals surface area contributed by atoms with E-state index >= 15 is 0 Å². The largest absolute Gasteiger partial charge is 0.497 e.